The van der Waals surface area contributed by atoms with Crippen LogP contribution in [0.4, 0.5) is 10.8 Å². The summed E-state index contributed by atoms with van der Waals surface area (Å²) in [4.78, 5) is 23.4. The highest BCUT2D eigenvalue weighted by Gasteiger charge is 2.28. The Morgan fingerprint density at radius 3 is 3.10 bits per heavy atom. The Balaban J connectivity index is 1.47. The lowest BCUT2D eigenvalue weighted by Gasteiger charge is -2.34. The first-order chi connectivity index (χ1) is 15.2. The number of hydrogen-bond acceptors (Lipinski definition) is 9. The first kappa shape index (κ1) is 21.0. The number of carbonyl (C=O) groups excluding carboxylic acids is 1. The minimum Gasteiger partial charge on any atom is -0.461 e. The number of carbonyl (C=O) groups is 1. The van der Waals surface area contributed by atoms with Crippen LogP contribution >= 0.6 is 11.3 Å². The van der Waals surface area contributed by atoms with Crippen LogP contribution in [0.1, 0.15) is 59.7 Å². The van der Waals surface area contributed by atoms with Crippen molar-refractivity contribution in [3.63, 3.8) is 0 Å². The highest BCUT2D eigenvalue weighted by atomic mass is 32.1. The smallest absolute Gasteiger partial charge is 0.356 e. The van der Waals surface area contributed by atoms with Gasteiger partial charge in [0.05, 0.1) is 36.4 Å². The summed E-state index contributed by atoms with van der Waals surface area (Å²) in [5.74, 6) is -0.375. The summed E-state index contributed by atoms with van der Waals surface area (Å²) in [5, 5.41) is 21.8. The van der Waals surface area contributed by atoms with Crippen molar-refractivity contribution in [1.82, 2.24) is 25.1 Å². The molecule has 0 amide bonds. The van der Waals surface area contributed by atoms with Gasteiger partial charge in [-0.05, 0) is 38.4 Å². The van der Waals surface area contributed by atoms with Crippen LogP contribution in [0.15, 0.2) is 29.9 Å². The average molecular weight is 438 g/mol. The average Bonchev–Trinajstić information content (AvgIpc) is 3.45. The SMILES string of the molecule is CCOC(=O)c1[nH]ncc1CN1CCCC[C@H]1c1csc(Nc2ccc(C#N)nc2)n1. The molecule has 0 radical (unpaired) electrons. The lowest BCUT2D eigenvalue weighted by Crippen LogP contribution is -2.33. The third-order valence-corrected chi connectivity index (χ3v) is 5.95. The van der Waals surface area contributed by atoms with Gasteiger partial charge in [-0.3, -0.25) is 10.00 Å². The van der Waals surface area contributed by atoms with Gasteiger partial charge in [0.15, 0.2) is 5.13 Å². The molecule has 2 N–H and O–H groups in total. The van der Waals surface area contributed by atoms with Crippen molar-refractivity contribution in [2.45, 2.75) is 38.8 Å². The number of hydrogen-bond donors (Lipinski definition) is 2. The normalized spacial score (nSPS) is 16.6. The second kappa shape index (κ2) is 9.68. The molecule has 0 spiro atoms. The molecule has 160 valence electrons. The number of H-pyrrole nitrogens is 1. The second-order valence-electron chi connectivity index (χ2n) is 7.22. The van der Waals surface area contributed by atoms with Crippen LogP contribution in [0.2, 0.25) is 0 Å². The predicted molar refractivity (Wildman–Crippen MR) is 116 cm³/mol. The van der Waals surface area contributed by atoms with Gasteiger partial charge in [0.1, 0.15) is 17.5 Å². The van der Waals surface area contributed by atoms with Gasteiger partial charge in [0.2, 0.25) is 0 Å². The lowest BCUT2D eigenvalue weighted by atomic mass is 9.99. The van der Waals surface area contributed by atoms with E-state index in [0.29, 0.717) is 24.5 Å². The molecular weight excluding hydrogens is 414 g/mol. The Morgan fingerprint density at radius 2 is 2.32 bits per heavy atom. The van der Waals surface area contributed by atoms with Crippen molar-refractivity contribution in [3.8, 4) is 6.07 Å². The monoisotopic (exact) mass is 437 g/mol. The summed E-state index contributed by atoms with van der Waals surface area (Å²) >= 11 is 1.54. The van der Waals surface area contributed by atoms with Gasteiger partial charge in [-0.25, -0.2) is 14.8 Å². The van der Waals surface area contributed by atoms with Crippen LogP contribution in [-0.4, -0.2) is 44.2 Å². The van der Waals surface area contributed by atoms with E-state index in [1.807, 2.05) is 12.1 Å². The zero-order valence-corrected chi connectivity index (χ0v) is 18.0. The summed E-state index contributed by atoms with van der Waals surface area (Å²) in [7, 11) is 0. The molecule has 1 saturated heterocycles. The van der Waals surface area contributed by atoms with E-state index in [2.05, 4.69) is 30.8 Å². The number of ether oxygens (including phenoxy) is 1. The van der Waals surface area contributed by atoms with Gasteiger partial charge in [0.25, 0.3) is 0 Å². The Hall–Kier alpha value is -3.29. The maximum absolute atomic E-state index is 12.2. The molecule has 9 nitrogen and oxygen atoms in total. The van der Waals surface area contributed by atoms with Crippen LogP contribution in [0.25, 0.3) is 0 Å². The molecule has 1 fully saturated rings. The van der Waals surface area contributed by atoms with Crippen LogP contribution in [0.3, 0.4) is 0 Å². The number of thiazole rings is 1. The topological polar surface area (TPSA) is 120 Å². The molecular formula is C21H23N7O2S. The Bertz CT molecular complexity index is 1070. The third kappa shape index (κ3) is 4.90. The molecule has 0 unspecified atom stereocenters. The summed E-state index contributed by atoms with van der Waals surface area (Å²) in [6, 6.07) is 5.67. The first-order valence-corrected chi connectivity index (χ1v) is 11.1. The fourth-order valence-corrected chi connectivity index (χ4v) is 4.48. The van der Waals surface area contributed by atoms with E-state index in [1.165, 1.54) is 11.3 Å². The molecule has 0 bridgehead atoms. The first-order valence-electron chi connectivity index (χ1n) is 10.2. The highest BCUT2D eigenvalue weighted by molar-refractivity contribution is 7.13. The van der Waals surface area contributed by atoms with Crippen molar-refractivity contribution < 1.29 is 9.53 Å². The fourth-order valence-electron chi connectivity index (χ4n) is 3.70. The number of anilines is 2. The standard InChI is InChI=1S/C21H23N7O2S/c1-2-30-20(29)19-14(10-24-27-19)12-28-8-4-3-5-18(28)17-13-31-21(26-17)25-16-7-6-15(9-22)23-11-16/h6-7,10-11,13,18H,2-5,8,12H2,1H3,(H,24,27)(H,25,26)/t18-/m0/s1. The Morgan fingerprint density at radius 1 is 1.42 bits per heavy atom. The maximum Gasteiger partial charge on any atom is 0.356 e. The van der Waals surface area contributed by atoms with E-state index in [4.69, 9.17) is 15.0 Å². The zero-order chi connectivity index (χ0) is 21.6. The predicted octanol–water partition coefficient (Wildman–Crippen LogP) is 3.78. The van der Waals surface area contributed by atoms with E-state index in [-0.39, 0.29) is 12.0 Å². The molecule has 0 saturated carbocycles. The largest absolute Gasteiger partial charge is 0.461 e. The summed E-state index contributed by atoms with van der Waals surface area (Å²) in [6.45, 7) is 3.65. The van der Waals surface area contributed by atoms with Gasteiger partial charge in [0, 0.05) is 17.5 Å². The van der Waals surface area contributed by atoms with Crippen LogP contribution in [0, 0.1) is 11.3 Å². The minimum atomic E-state index is -0.375. The van der Waals surface area contributed by atoms with E-state index >= 15 is 0 Å². The molecule has 0 aromatic carbocycles. The molecule has 1 atom stereocenters. The highest BCUT2D eigenvalue weighted by Crippen LogP contribution is 2.34. The van der Waals surface area contributed by atoms with E-state index in [9.17, 15) is 4.79 Å². The number of likely N-dealkylation sites (tertiary alicyclic amines) is 1. The van der Waals surface area contributed by atoms with Gasteiger partial charge in [-0.2, -0.15) is 10.4 Å². The molecule has 3 aromatic heterocycles. The lowest BCUT2D eigenvalue weighted by molar-refractivity contribution is 0.0515. The van der Waals surface area contributed by atoms with Crippen molar-refractivity contribution in [2.24, 2.45) is 0 Å². The summed E-state index contributed by atoms with van der Waals surface area (Å²) < 4.78 is 5.13. The number of nitrogens with zero attached hydrogens (tertiary/aromatic N) is 5. The molecule has 4 rings (SSSR count). The zero-order valence-electron chi connectivity index (χ0n) is 17.2. The Labute approximate surface area is 184 Å². The Kier molecular flexibility index (Phi) is 6.54. The van der Waals surface area contributed by atoms with Gasteiger partial charge in [-0.1, -0.05) is 6.42 Å². The number of nitrogens with one attached hydrogen (secondary N) is 2. The number of aromatic amines is 1. The molecule has 1 aliphatic heterocycles. The maximum atomic E-state index is 12.2. The van der Waals surface area contributed by atoms with Crippen molar-refractivity contribution in [1.29, 1.82) is 5.26 Å². The van der Waals surface area contributed by atoms with Crippen LogP contribution in [0.5, 0.6) is 0 Å². The second-order valence-corrected chi connectivity index (χ2v) is 8.08. The van der Waals surface area contributed by atoms with Crippen LogP contribution < -0.4 is 5.32 Å². The number of rotatable bonds is 7. The summed E-state index contributed by atoms with van der Waals surface area (Å²) in [6.07, 6.45) is 6.58. The molecule has 31 heavy (non-hydrogen) atoms. The van der Waals surface area contributed by atoms with Gasteiger partial charge < -0.3 is 10.1 Å². The molecule has 1 aliphatic rings. The quantitative estimate of drug-likeness (QED) is 0.536. The molecule has 4 heterocycles. The third-order valence-electron chi connectivity index (χ3n) is 5.18. The van der Waals surface area contributed by atoms with Crippen LogP contribution in [-0.2, 0) is 11.3 Å². The molecule has 10 heteroatoms. The summed E-state index contributed by atoms with van der Waals surface area (Å²) in [5.41, 5.74) is 3.43. The van der Waals surface area contributed by atoms with E-state index in [0.717, 1.165) is 47.9 Å². The van der Waals surface area contributed by atoms with Crippen molar-refractivity contribution in [3.05, 3.63) is 52.6 Å². The van der Waals surface area contributed by atoms with E-state index in [1.54, 1.807) is 25.4 Å². The van der Waals surface area contributed by atoms with Crippen molar-refractivity contribution >= 4 is 28.1 Å². The number of esters is 1. The number of piperidine rings is 1. The molecule has 3 aromatic rings. The van der Waals surface area contributed by atoms with Gasteiger partial charge in [-0.15, -0.1) is 11.3 Å². The number of pyridine rings is 1. The number of nitriles is 1. The number of aromatic nitrogens is 4. The van der Waals surface area contributed by atoms with E-state index < -0.39 is 0 Å². The minimum absolute atomic E-state index is 0.171. The van der Waals surface area contributed by atoms with Gasteiger partial charge >= 0.3 is 5.97 Å². The van der Waals surface area contributed by atoms with Crippen molar-refractivity contribution in [2.75, 3.05) is 18.5 Å². The molecule has 0 aliphatic carbocycles. The fraction of sp³-hybridized carbons (Fsp3) is 0.381.